The number of H-pyrrole nitrogens is 1. The van der Waals surface area contributed by atoms with Gasteiger partial charge in [0.25, 0.3) is 0 Å². The lowest BCUT2D eigenvalue weighted by Crippen LogP contribution is -2.37. The summed E-state index contributed by atoms with van der Waals surface area (Å²) in [6.45, 7) is 4.62. The van der Waals surface area contributed by atoms with Gasteiger partial charge < -0.3 is 9.80 Å². The van der Waals surface area contributed by atoms with Crippen LogP contribution in [-0.4, -0.2) is 62.7 Å². The van der Waals surface area contributed by atoms with E-state index in [1.165, 1.54) is 25.9 Å². The molecule has 8 heteroatoms. The first-order valence-corrected chi connectivity index (χ1v) is 7.40. The van der Waals surface area contributed by atoms with E-state index in [0.29, 0.717) is 6.04 Å². The second kappa shape index (κ2) is 4.53. The molecular formula is C11H15N7S. The van der Waals surface area contributed by atoms with Crippen LogP contribution in [0.3, 0.4) is 0 Å². The van der Waals surface area contributed by atoms with Crippen molar-refractivity contribution in [2.24, 2.45) is 0 Å². The fourth-order valence-electron chi connectivity index (χ4n) is 2.88. The number of aromatic amines is 1. The maximum absolute atomic E-state index is 4.35. The van der Waals surface area contributed by atoms with Crippen LogP contribution in [0.25, 0.3) is 10.7 Å². The van der Waals surface area contributed by atoms with E-state index >= 15 is 0 Å². The molecule has 0 amide bonds. The highest BCUT2D eigenvalue weighted by Gasteiger charge is 2.31. The lowest BCUT2D eigenvalue weighted by molar-refractivity contribution is 0.250. The number of nitrogens with zero attached hydrogens (tertiary/aromatic N) is 6. The van der Waals surface area contributed by atoms with Crippen LogP contribution in [0.5, 0.6) is 0 Å². The molecule has 0 unspecified atom stereocenters. The van der Waals surface area contributed by atoms with Gasteiger partial charge in [-0.2, -0.15) is 15.4 Å². The van der Waals surface area contributed by atoms with E-state index in [1.807, 2.05) is 0 Å². The van der Waals surface area contributed by atoms with Gasteiger partial charge in [0.2, 0.25) is 5.13 Å². The summed E-state index contributed by atoms with van der Waals surface area (Å²) in [5, 5.41) is 20.9. The summed E-state index contributed by atoms with van der Waals surface area (Å²) in [6, 6.07) is 0.622. The fraction of sp³-hybridized carbons (Fsp3) is 0.636. The average molecular weight is 277 g/mol. The molecule has 3 aliphatic heterocycles. The van der Waals surface area contributed by atoms with Gasteiger partial charge in [-0.1, -0.05) is 11.3 Å². The van der Waals surface area contributed by atoms with Crippen LogP contribution in [-0.2, 0) is 0 Å². The Bertz CT molecular complexity index is 543. The molecule has 1 N–H and O–H groups in total. The number of nitrogens with one attached hydrogen (secondary N) is 1. The van der Waals surface area contributed by atoms with E-state index in [2.05, 4.69) is 35.4 Å². The summed E-state index contributed by atoms with van der Waals surface area (Å²) in [5.41, 5.74) is 0.770. The molecule has 0 aliphatic carbocycles. The molecule has 2 aromatic heterocycles. The molecule has 0 spiro atoms. The summed E-state index contributed by atoms with van der Waals surface area (Å²) in [4.78, 5) is 4.96. The summed E-state index contributed by atoms with van der Waals surface area (Å²) < 4.78 is 0. The molecule has 0 atom stereocenters. The molecule has 100 valence electrons. The van der Waals surface area contributed by atoms with E-state index in [1.54, 1.807) is 17.5 Å². The van der Waals surface area contributed by atoms with E-state index < -0.39 is 0 Å². The van der Waals surface area contributed by atoms with Crippen LogP contribution in [0.15, 0.2) is 6.20 Å². The molecule has 19 heavy (non-hydrogen) atoms. The van der Waals surface area contributed by atoms with E-state index in [0.717, 1.165) is 28.9 Å². The highest BCUT2D eigenvalue weighted by molar-refractivity contribution is 7.18. The third-order valence-electron chi connectivity index (χ3n) is 3.95. The van der Waals surface area contributed by atoms with Crippen LogP contribution >= 0.6 is 11.3 Å². The molecule has 5 rings (SSSR count). The number of aromatic nitrogens is 5. The maximum atomic E-state index is 4.35. The number of hydrogen-bond acceptors (Lipinski definition) is 7. The number of piperidine rings is 1. The van der Waals surface area contributed by atoms with Crippen molar-refractivity contribution in [2.75, 3.05) is 31.1 Å². The Labute approximate surface area is 114 Å². The van der Waals surface area contributed by atoms with Crippen molar-refractivity contribution in [2.45, 2.75) is 18.9 Å². The normalized spacial score (nSPS) is 26.6. The summed E-state index contributed by atoms with van der Waals surface area (Å²) >= 11 is 1.61. The molecule has 7 nitrogen and oxygen atoms in total. The van der Waals surface area contributed by atoms with Gasteiger partial charge >= 0.3 is 0 Å². The average Bonchev–Trinajstić information content (AvgIpc) is 3.05. The number of hydrogen-bond donors (Lipinski definition) is 1. The van der Waals surface area contributed by atoms with Crippen molar-refractivity contribution in [3.05, 3.63) is 6.20 Å². The van der Waals surface area contributed by atoms with Crippen molar-refractivity contribution in [3.63, 3.8) is 0 Å². The van der Waals surface area contributed by atoms with Gasteiger partial charge in [-0.25, -0.2) is 0 Å². The van der Waals surface area contributed by atoms with Gasteiger partial charge in [0.05, 0.1) is 6.20 Å². The first-order valence-electron chi connectivity index (χ1n) is 6.59. The van der Waals surface area contributed by atoms with E-state index in [-0.39, 0.29) is 0 Å². The smallest absolute Gasteiger partial charge is 0.208 e. The van der Waals surface area contributed by atoms with Crippen molar-refractivity contribution < 1.29 is 0 Å². The molecule has 2 aromatic rings. The van der Waals surface area contributed by atoms with Gasteiger partial charge in [-0.05, 0) is 12.8 Å². The van der Waals surface area contributed by atoms with Crippen LogP contribution in [0, 0.1) is 0 Å². The molecule has 3 saturated heterocycles. The molecule has 5 heterocycles. The molecule has 2 bridgehead atoms. The molecular weight excluding hydrogens is 262 g/mol. The highest BCUT2D eigenvalue weighted by Crippen LogP contribution is 2.31. The van der Waals surface area contributed by atoms with Crippen LogP contribution < -0.4 is 4.90 Å². The molecule has 0 aromatic carbocycles. The quantitative estimate of drug-likeness (QED) is 0.867. The predicted molar refractivity (Wildman–Crippen MR) is 72.1 cm³/mol. The first-order chi connectivity index (χ1) is 9.40. The van der Waals surface area contributed by atoms with Gasteiger partial charge in [0, 0.05) is 32.2 Å². The molecule has 0 saturated carbocycles. The Hall–Kier alpha value is -1.54. The molecule has 3 fully saturated rings. The van der Waals surface area contributed by atoms with E-state index in [9.17, 15) is 0 Å². The van der Waals surface area contributed by atoms with Gasteiger partial charge in [0.1, 0.15) is 5.69 Å². The topological polar surface area (TPSA) is 73.8 Å². The van der Waals surface area contributed by atoms with Crippen molar-refractivity contribution in [1.29, 1.82) is 0 Å². The monoisotopic (exact) mass is 277 g/mol. The number of fused-ring (bicyclic) bond motifs is 4. The number of rotatable bonds is 2. The summed E-state index contributed by atoms with van der Waals surface area (Å²) in [5.74, 6) is 0. The van der Waals surface area contributed by atoms with Gasteiger partial charge in [-0.3, -0.25) is 0 Å². The zero-order valence-electron chi connectivity index (χ0n) is 10.5. The Morgan fingerprint density at radius 2 is 2.05 bits per heavy atom. The second-order valence-electron chi connectivity index (χ2n) is 5.01. The Morgan fingerprint density at radius 1 is 1.16 bits per heavy atom. The largest absolute Gasteiger partial charge is 0.342 e. The van der Waals surface area contributed by atoms with Gasteiger partial charge in [-0.15, -0.1) is 10.2 Å². The van der Waals surface area contributed by atoms with Crippen LogP contribution in [0.1, 0.15) is 12.8 Å². The molecule has 3 aliphatic rings. The second-order valence-corrected chi connectivity index (χ2v) is 5.97. The zero-order chi connectivity index (χ0) is 12.7. The lowest BCUT2D eigenvalue weighted by atomic mass is 10.1. The third-order valence-corrected chi connectivity index (χ3v) is 4.93. The van der Waals surface area contributed by atoms with E-state index in [4.69, 9.17) is 0 Å². The SMILES string of the molecule is c1n[nH]nc1-c1nnc(N2CCN3CCC2CC3)s1. The first kappa shape index (κ1) is 11.3. The van der Waals surface area contributed by atoms with Crippen LogP contribution in [0.2, 0.25) is 0 Å². The predicted octanol–water partition coefficient (Wildman–Crippen LogP) is 0.608. The highest BCUT2D eigenvalue weighted by atomic mass is 32.1. The summed E-state index contributed by atoms with van der Waals surface area (Å²) in [6.07, 6.45) is 4.15. The number of anilines is 1. The van der Waals surface area contributed by atoms with Crippen molar-refractivity contribution in [1.82, 2.24) is 30.5 Å². The lowest BCUT2D eigenvalue weighted by Gasteiger charge is -2.30. The third kappa shape index (κ3) is 2.00. The maximum Gasteiger partial charge on any atom is 0.208 e. The standard InChI is InChI=1S/C11H15N7S/c1-3-17-4-2-8(1)18(6-5-17)11-15-14-10(19-11)9-7-12-16-13-9/h7-8H,1-6H2,(H,12,13,16). The van der Waals surface area contributed by atoms with Crippen molar-refractivity contribution >= 4 is 16.5 Å². The minimum Gasteiger partial charge on any atom is -0.342 e. The fourth-order valence-corrected chi connectivity index (χ4v) is 3.77. The van der Waals surface area contributed by atoms with Crippen LogP contribution in [0.4, 0.5) is 5.13 Å². The zero-order valence-corrected chi connectivity index (χ0v) is 11.3. The minimum atomic E-state index is 0.622. The van der Waals surface area contributed by atoms with Crippen molar-refractivity contribution in [3.8, 4) is 10.7 Å². The Balaban J connectivity index is 1.62. The minimum absolute atomic E-state index is 0.622. The molecule has 0 radical (unpaired) electrons. The Kier molecular flexibility index (Phi) is 2.70. The summed E-state index contributed by atoms with van der Waals surface area (Å²) in [7, 11) is 0. The van der Waals surface area contributed by atoms with Gasteiger partial charge in [0.15, 0.2) is 5.01 Å². The Morgan fingerprint density at radius 3 is 2.84 bits per heavy atom.